The Balaban J connectivity index is 2.08. The van der Waals surface area contributed by atoms with E-state index in [0.29, 0.717) is 6.42 Å². The maximum Gasteiger partial charge on any atom is 0.249 e. The Bertz CT molecular complexity index is 1310. The van der Waals surface area contributed by atoms with Crippen molar-refractivity contribution in [2.45, 2.75) is 365 Å². The molecule has 448 valence electrons. The summed E-state index contributed by atoms with van der Waals surface area (Å²) in [4.78, 5) is 13.1. The van der Waals surface area contributed by atoms with Crippen molar-refractivity contribution >= 4 is 5.91 Å². The fraction of sp³-hybridized carbons (Fsp3) is 0.894. The Morgan fingerprint density at radius 3 is 1.17 bits per heavy atom. The van der Waals surface area contributed by atoms with Crippen molar-refractivity contribution < 1.29 is 44.9 Å². The average Bonchev–Trinajstić information content (AvgIpc) is 3.42. The Kier molecular flexibility index (Phi) is 52.7. The van der Waals surface area contributed by atoms with Crippen LogP contribution < -0.4 is 5.32 Å². The van der Waals surface area contributed by atoms with Gasteiger partial charge in [0.05, 0.1) is 25.4 Å². The second kappa shape index (κ2) is 55.3. The highest BCUT2D eigenvalue weighted by Crippen LogP contribution is 2.23. The molecule has 1 fully saturated rings. The molecule has 1 aliphatic rings. The zero-order valence-electron chi connectivity index (χ0n) is 49.6. The summed E-state index contributed by atoms with van der Waals surface area (Å²) in [6.45, 7) is 3.64. The number of aliphatic hydroxyl groups is 6. The van der Waals surface area contributed by atoms with Crippen LogP contribution in [0, 0.1) is 0 Å². The van der Waals surface area contributed by atoms with Crippen LogP contribution in [0.3, 0.4) is 0 Å². The molecular formula is C66H125NO9. The second-order valence-corrected chi connectivity index (χ2v) is 23.1. The molecule has 10 nitrogen and oxygen atoms in total. The summed E-state index contributed by atoms with van der Waals surface area (Å²) < 4.78 is 11.2. The normalized spacial score (nSPS) is 19.4. The molecule has 0 aromatic carbocycles. The van der Waals surface area contributed by atoms with Crippen LogP contribution >= 0.6 is 0 Å². The van der Waals surface area contributed by atoms with Gasteiger partial charge >= 0.3 is 0 Å². The molecule has 0 spiro atoms. The number of unbranched alkanes of at least 4 members (excludes halogenated alkanes) is 42. The van der Waals surface area contributed by atoms with Gasteiger partial charge in [-0.2, -0.15) is 0 Å². The first-order chi connectivity index (χ1) is 37.3. The van der Waals surface area contributed by atoms with Crippen LogP contribution in [-0.4, -0.2) is 98.7 Å². The number of carbonyl (C=O) groups excluding carboxylic acids is 1. The Morgan fingerprint density at radius 1 is 0.461 bits per heavy atom. The molecule has 8 atom stereocenters. The van der Waals surface area contributed by atoms with E-state index in [1.54, 1.807) is 6.08 Å². The number of allylic oxidation sites excluding steroid dienone is 5. The minimum atomic E-state index is -1.61. The third-order valence-corrected chi connectivity index (χ3v) is 15.8. The fourth-order valence-electron chi connectivity index (χ4n) is 10.6. The maximum atomic E-state index is 13.1. The molecule has 7 N–H and O–H groups in total. The van der Waals surface area contributed by atoms with Crippen LogP contribution in [0.15, 0.2) is 36.5 Å². The van der Waals surface area contributed by atoms with Gasteiger partial charge in [-0.05, 0) is 51.4 Å². The number of hydrogen-bond acceptors (Lipinski definition) is 9. The molecular weight excluding hydrogens is 951 g/mol. The lowest BCUT2D eigenvalue weighted by molar-refractivity contribution is -0.302. The lowest BCUT2D eigenvalue weighted by Gasteiger charge is -2.40. The predicted molar refractivity (Wildman–Crippen MR) is 319 cm³/mol. The summed E-state index contributed by atoms with van der Waals surface area (Å²) in [7, 11) is 0. The monoisotopic (exact) mass is 1080 g/mol. The summed E-state index contributed by atoms with van der Waals surface area (Å²) in [5, 5.41) is 65.0. The summed E-state index contributed by atoms with van der Waals surface area (Å²) >= 11 is 0. The molecule has 76 heavy (non-hydrogen) atoms. The van der Waals surface area contributed by atoms with Crippen molar-refractivity contribution in [1.29, 1.82) is 0 Å². The predicted octanol–water partition coefficient (Wildman–Crippen LogP) is 16.1. The van der Waals surface area contributed by atoms with E-state index in [-0.39, 0.29) is 6.61 Å². The number of rotatable bonds is 57. The Morgan fingerprint density at radius 2 is 0.803 bits per heavy atom. The van der Waals surface area contributed by atoms with Crippen molar-refractivity contribution in [1.82, 2.24) is 5.32 Å². The molecule has 0 radical (unpaired) electrons. The average molecular weight is 1080 g/mol. The number of amides is 1. The quantitative estimate of drug-likeness (QED) is 0.0232. The molecule has 1 amide bonds. The molecule has 0 aromatic heterocycles. The third-order valence-electron chi connectivity index (χ3n) is 15.8. The molecule has 1 heterocycles. The van der Waals surface area contributed by atoms with Crippen molar-refractivity contribution in [3.63, 3.8) is 0 Å². The number of aliphatic hydroxyl groups excluding tert-OH is 6. The van der Waals surface area contributed by atoms with E-state index in [0.717, 1.165) is 51.4 Å². The van der Waals surface area contributed by atoms with E-state index < -0.39 is 61.5 Å². The van der Waals surface area contributed by atoms with Crippen LogP contribution in [-0.2, 0) is 14.3 Å². The van der Waals surface area contributed by atoms with Gasteiger partial charge in [0.1, 0.15) is 30.5 Å². The van der Waals surface area contributed by atoms with Gasteiger partial charge in [0.2, 0.25) is 5.91 Å². The van der Waals surface area contributed by atoms with Gasteiger partial charge in [-0.15, -0.1) is 0 Å². The second-order valence-electron chi connectivity index (χ2n) is 23.1. The van der Waals surface area contributed by atoms with Crippen LogP contribution in [0.2, 0.25) is 0 Å². The van der Waals surface area contributed by atoms with Gasteiger partial charge < -0.3 is 45.4 Å². The molecule has 1 rings (SSSR count). The summed E-state index contributed by atoms with van der Waals surface area (Å²) in [6, 6.07) is -0.979. The molecule has 0 bridgehead atoms. The van der Waals surface area contributed by atoms with E-state index in [4.69, 9.17) is 9.47 Å². The highest BCUT2D eigenvalue weighted by atomic mass is 16.7. The van der Waals surface area contributed by atoms with E-state index in [9.17, 15) is 35.4 Å². The van der Waals surface area contributed by atoms with E-state index in [1.165, 1.54) is 244 Å². The van der Waals surface area contributed by atoms with Crippen molar-refractivity contribution in [3.05, 3.63) is 36.5 Å². The first-order valence-corrected chi connectivity index (χ1v) is 32.8. The lowest BCUT2D eigenvalue weighted by atomic mass is 9.99. The summed E-state index contributed by atoms with van der Waals surface area (Å²) in [5.74, 6) is -0.613. The summed E-state index contributed by atoms with van der Waals surface area (Å²) in [5.41, 5.74) is 0. The van der Waals surface area contributed by atoms with Crippen LogP contribution in [0.4, 0.5) is 0 Å². The number of hydrogen-bond donors (Lipinski definition) is 7. The zero-order valence-corrected chi connectivity index (χ0v) is 49.6. The Hall–Kier alpha value is -1.63. The minimum absolute atomic E-state index is 0.304. The minimum Gasteiger partial charge on any atom is -0.394 e. The third kappa shape index (κ3) is 43.2. The van der Waals surface area contributed by atoms with Gasteiger partial charge in [-0.25, -0.2) is 0 Å². The van der Waals surface area contributed by atoms with Gasteiger partial charge in [-0.1, -0.05) is 301 Å². The van der Waals surface area contributed by atoms with Crippen LogP contribution in [0.25, 0.3) is 0 Å². The highest BCUT2D eigenvalue weighted by Gasteiger charge is 2.44. The number of ether oxygens (including phenoxy) is 2. The molecule has 0 aromatic rings. The maximum absolute atomic E-state index is 13.1. The largest absolute Gasteiger partial charge is 0.394 e. The van der Waals surface area contributed by atoms with Crippen LogP contribution in [0.5, 0.6) is 0 Å². The van der Waals surface area contributed by atoms with Crippen molar-refractivity contribution in [2.75, 3.05) is 13.2 Å². The number of nitrogens with one attached hydrogen (secondary N) is 1. The molecule has 1 aliphatic heterocycles. The van der Waals surface area contributed by atoms with Crippen LogP contribution in [0.1, 0.15) is 316 Å². The van der Waals surface area contributed by atoms with Crippen molar-refractivity contribution in [3.8, 4) is 0 Å². The van der Waals surface area contributed by atoms with Gasteiger partial charge in [0, 0.05) is 0 Å². The van der Waals surface area contributed by atoms with Gasteiger partial charge in [0.15, 0.2) is 6.29 Å². The first-order valence-electron chi connectivity index (χ1n) is 32.8. The summed E-state index contributed by atoms with van der Waals surface area (Å²) in [6.07, 6.45) is 62.9. The SMILES string of the molecule is CCCCCCCCCCCCC/C=C/C(O)C(COC1OC(CO)C(O)C(O)C1O)NC(=O)C(O)CCCCCCCCCCCCCCCCCC/C=C\C/C=C\CCCCCCCCCCCCCCCCC. The molecule has 0 aliphatic carbocycles. The van der Waals surface area contributed by atoms with E-state index >= 15 is 0 Å². The van der Waals surface area contributed by atoms with Crippen molar-refractivity contribution in [2.24, 2.45) is 0 Å². The molecule has 0 saturated carbocycles. The van der Waals surface area contributed by atoms with Gasteiger partial charge in [0.25, 0.3) is 0 Å². The zero-order chi connectivity index (χ0) is 55.2. The topological polar surface area (TPSA) is 169 Å². The first kappa shape index (κ1) is 72.4. The fourth-order valence-corrected chi connectivity index (χ4v) is 10.6. The standard InChI is InChI=1S/C66H125NO9/c1-3-5-7-9-11-13-15-17-18-19-20-21-22-23-24-25-26-27-28-29-30-31-32-33-34-35-36-37-38-39-40-41-43-45-47-49-51-53-55-60(70)65(74)67-58(57-75-66-64(73)63(72)62(71)61(56-68)76-66)59(69)54-52-50-48-46-44-42-16-14-12-10-8-6-4-2/h26-27,29-30,52,54,58-64,66,68-73H,3-25,28,31-51,53,55-57H2,1-2H3,(H,67,74)/b27-26-,30-29-,54-52+. The lowest BCUT2D eigenvalue weighted by Crippen LogP contribution is -2.60. The molecule has 1 saturated heterocycles. The number of carbonyl (C=O) groups is 1. The van der Waals surface area contributed by atoms with E-state index in [1.807, 2.05) is 6.08 Å². The van der Waals surface area contributed by atoms with Gasteiger partial charge in [-0.3, -0.25) is 4.79 Å². The molecule has 10 heteroatoms. The highest BCUT2D eigenvalue weighted by molar-refractivity contribution is 5.80. The molecule has 8 unspecified atom stereocenters. The Labute approximate surface area is 468 Å². The smallest absolute Gasteiger partial charge is 0.249 e. The van der Waals surface area contributed by atoms with E-state index in [2.05, 4.69) is 43.5 Å².